The molecule has 1 N–H and O–H groups in total. The zero-order valence-corrected chi connectivity index (χ0v) is 20.8. The average Bonchev–Trinajstić information content (AvgIpc) is 3.44. The van der Waals surface area contributed by atoms with Crippen molar-refractivity contribution in [3.63, 3.8) is 0 Å². The quantitative estimate of drug-likeness (QED) is 0.240. The Morgan fingerprint density at radius 1 is 0.897 bits per heavy atom. The van der Waals surface area contributed by atoms with Gasteiger partial charge >= 0.3 is 0 Å². The highest BCUT2D eigenvalue weighted by molar-refractivity contribution is 14.0. The molecule has 3 fully saturated rings. The van der Waals surface area contributed by atoms with Crippen molar-refractivity contribution in [2.75, 3.05) is 72.5 Å². The number of nitrogens with one attached hydrogen (secondary N) is 1. The van der Waals surface area contributed by atoms with Crippen LogP contribution in [0.3, 0.4) is 0 Å². The molecular weight excluding hydrogens is 479 g/mol. The molecule has 0 spiro atoms. The Balaban J connectivity index is 0.00000300. The summed E-state index contributed by atoms with van der Waals surface area (Å²) in [5, 5.41) is 3.54. The van der Waals surface area contributed by atoms with Crippen LogP contribution in [-0.4, -0.2) is 110 Å². The summed E-state index contributed by atoms with van der Waals surface area (Å²) >= 11 is 0. The van der Waals surface area contributed by atoms with E-state index in [9.17, 15) is 4.79 Å². The topological polar surface area (TPSA) is 54.4 Å². The number of guanidine groups is 1. The Kier molecular flexibility index (Phi) is 11.0. The van der Waals surface area contributed by atoms with Gasteiger partial charge in [-0.05, 0) is 65.1 Å². The monoisotopic (exact) mass is 520 g/mol. The van der Waals surface area contributed by atoms with Gasteiger partial charge in [-0.2, -0.15) is 0 Å². The van der Waals surface area contributed by atoms with Crippen molar-refractivity contribution in [1.29, 1.82) is 0 Å². The van der Waals surface area contributed by atoms with E-state index in [1.54, 1.807) is 0 Å². The van der Waals surface area contributed by atoms with E-state index >= 15 is 0 Å². The second-order valence-corrected chi connectivity index (χ2v) is 8.46. The first kappa shape index (κ1) is 24.7. The van der Waals surface area contributed by atoms with Gasteiger partial charge in [0.05, 0.1) is 6.04 Å². The van der Waals surface area contributed by atoms with Crippen LogP contribution in [0.1, 0.15) is 45.4 Å². The third-order valence-electron chi connectivity index (χ3n) is 6.53. The maximum Gasteiger partial charge on any atom is 0.239 e. The van der Waals surface area contributed by atoms with Crippen molar-refractivity contribution in [2.45, 2.75) is 51.5 Å². The van der Waals surface area contributed by atoms with Crippen molar-refractivity contribution in [2.24, 2.45) is 4.99 Å². The van der Waals surface area contributed by atoms with E-state index in [0.29, 0.717) is 5.91 Å². The van der Waals surface area contributed by atoms with Crippen LogP contribution in [0.4, 0.5) is 0 Å². The summed E-state index contributed by atoms with van der Waals surface area (Å²) in [6.45, 7) is 12.5. The van der Waals surface area contributed by atoms with E-state index in [4.69, 9.17) is 0 Å². The van der Waals surface area contributed by atoms with Gasteiger partial charge in [-0.25, -0.2) is 0 Å². The lowest BCUT2D eigenvalue weighted by Gasteiger charge is -2.39. The number of aliphatic imine (C=N–C) groups is 1. The lowest BCUT2D eigenvalue weighted by Crippen LogP contribution is -2.57. The van der Waals surface area contributed by atoms with E-state index < -0.39 is 0 Å². The van der Waals surface area contributed by atoms with E-state index in [0.717, 1.165) is 64.6 Å². The van der Waals surface area contributed by atoms with Gasteiger partial charge in [0.2, 0.25) is 5.91 Å². The molecule has 1 atom stereocenters. The normalized spacial score (nSPS) is 22.6. The van der Waals surface area contributed by atoms with Crippen LogP contribution >= 0.6 is 24.0 Å². The zero-order chi connectivity index (χ0) is 19.8. The molecule has 3 aliphatic rings. The number of unbranched alkanes of at least 4 members (excludes halogenated alkanes) is 1. The van der Waals surface area contributed by atoms with E-state index in [-0.39, 0.29) is 30.0 Å². The first-order chi connectivity index (χ1) is 13.7. The smallest absolute Gasteiger partial charge is 0.239 e. The molecule has 3 rings (SSSR count). The summed E-state index contributed by atoms with van der Waals surface area (Å²) in [7, 11) is 1.87. The summed E-state index contributed by atoms with van der Waals surface area (Å²) in [5.74, 6) is 1.32. The maximum atomic E-state index is 12.6. The number of hydrogen-bond donors (Lipinski definition) is 1. The molecule has 0 aromatic rings. The second kappa shape index (κ2) is 12.9. The Morgan fingerprint density at radius 2 is 1.52 bits per heavy atom. The van der Waals surface area contributed by atoms with Crippen molar-refractivity contribution in [3.05, 3.63) is 0 Å². The van der Waals surface area contributed by atoms with E-state index in [2.05, 4.69) is 31.9 Å². The van der Waals surface area contributed by atoms with Gasteiger partial charge < -0.3 is 20.0 Å². The number of nitrogens with zero attached hydrogens (tertiary/aromatic N) is 5. The highest BCUT2D eigenvalue weighted by atomic mass is 127. The maximum absolute atomic E-state index is 12.6. The molecule has 0 radical (unpaired) electrons. The molecule has 168 valence electrons. The van der Waals surface area contributed by atoms with Crippen LogP contribution in [0.25, 0.3) is 0 Å². The summed E-state index contributed by atoms with van der Waals surface area (Å²) in [6, 6.07) is 0.000752. The molecule has 0 saturated carbocycles. The minimum atomic E-state index is 0. The number of carbonyl (C=O) groups excluding carboxylic acids is 1. The number of piperazine rings is 1. The molecule has 0 aliphatic carbocycles. The van der Waals surface area contributed by atoms with Gasteiger partial charge in [-0.15, -0.1) is 24.0 Å². The van der Waals surface area contributed by atoms with Crippen molar-refractivity contribution >= 4 is 35.8 Å². The minimum absolute atomic E-state index is 0. The Hall–Kier alpha value is -0.610. The first-order valence-electron chi connectivity index (χ1n) is 11.4. The molecule has 8 heteroatoms. The Bertz CT molecular complexity index is 511. The van der Waals surface area contributed by atoms with Gasteiger partial charge in [0.15, 0.2) is 5.96 Å². The Morgan fingerprint density at radius 3 is 2.14 bits per heavy atom. The number of rotatable bonds is 7. The van der Waals surface area contributed by atoms with Gasteiger partial charge in [0.1, 0.15) is 0 Å². The first-order valence-corrected chi connectivity index (χ1v) is 11.4. The van der Waals surface area contributed by atoms with Crippen LogP contribution in [0.5, 0.6) is 0 Å². The third-order valence-corrected chi connectivity index (χ3v) is 6.53. The molecule has 1 unspecified atom stereocenters. The number of amides is 1. The molecule has 0 aromatic heterocycles. The molecule has 0 aromatic carbocycles. The van der Waals surface area contributed by atoms with Crippen LogP contribution in [0, 0.1) is 0 Å². The third kappa shape index (κ3) is 7.24. The molecule has 1 amide bonds. The lowest BCUT2D eigenvalue weighted by molar-refractivity contribution is -0.135. The summed E-state index contributed by atoms with van der Waals surface area (Å²) in [5.41, 5.74) is 0. The number of hydrogen-bond acceptors (Lipinski definition) is 4. The predicted octanol–water partition coefficient (Wildman–Crippen LogP) is 1.68. The molecular formula is C21H41IN6O. The fourth-order valence-electron chi connectivity index (χ4n) is 4.68. The second-order valence-electron chi connectivity index (χ2n) is 8.46. The summed E-state index contributed by atoms with van der Waals surface area (Å²) < 4.78 is 0. The van der Waals surface area contributed by atoms with Gasteiger partial charge in [-0.3, -0.25) is 14.7 Å². The average molecular weight is 521 g/mol. The van der Waals surface area contributed by atoms with Gasteiger partial charge in [0.25, 0.3) is 0 Å². The standard InChI is InChI=1S/C21H40N6O.HI/c1-19(20(28)26-13-7-8-14-26)25-15-17-27(18-16-25)21(22-2)23-9-3-4-10-24-11-5-6-12-24;/h19H,3-18H2,1-2H3,(H,22,23);1H. The van der Waals surface area contributed by atoms with Gasteiger partial charge in [0, 0.05) is 52.9 Å². The molecule has 29 heavy (non-hydrogen) atoms. The van der Waals surface area contributed by atoms with Gasteiger partial charge in [-0.1, -0.05) is 0 Å². The SMILES string of the molecule is CN=C(NCCCCN1CCCC1)N1CCN(C(C)C(=O)N2CCCC2)CC1.I. The summed E-state index contributed by atoms with van der Waals surface area (Å²) in [6.07, 6.45) is 7.52. The van der Waals surface area contributed by atoms with E-state index in [1.807, 2.05) is 11.9 Å². The molecule has 3 aliphatic heterocycles. The van der Waals surface area contributed by atoms with Crippen LogP contribution < -0.4 is 5.32 Å². The van der Waals surface area contributed by atoms with Crippen LogP contribution in [0.15, 0.2) is 4.99 Å². The predicted molar refractivity (Wildman–Crippen MR) is 130 cm³/mol. The van der Waals surface area contributed by atoms with Crippen LogP contribution in [0.2, 0.25) is 0 Å². The fourth-order valence-corrected chi connectivity index (χ4v) is 4.68. The molecule has 3 heterocycles. The zero-order valence-electron chi connectivity index (χ0n) is 18.4. The van der Waals surface area contributed by atoms with E-state index in [1.165, 1.54) is 45.3 Å². The minimum Gasteiger partial charge on any atom is -0.356 e. The lowest BCUT2D eigenvalue weighted by atomic mass is 10.2. The van der Waals surface area contributed by atoms with Crippen molar-refractivity contribution < 1.29 is 4.79 Å². The number of likely N-dealkylation sites (tertiary alicyclic amines) is 2. The Labute approximate surface area is 194 Å². The number of carbonyl (C=O) groups is 1. The highest BCUT2D eigenvalue weighted by Gasteiger charge is 2.30. The fraction of sp³-hybridized carbons (Fsp3) is 0.905. The largest absolute Gasteiger partial charge is 0.356 e. The van der Waals surface area contributed by atoms with Crippen molar-refractivity contribution in [1.82, 2.24) is 24.9 Å². The molecule has 7 nitrogen and oxygen atoms in total. The van der Waals surface area contributed by atoms with Crippen molar-refractivity contribution in [3.8, 4) is 0 Å². The number of halogens is 1. The summed E-state index contributed by atoms with van der Waals surface area (Å²) in [4.78, 5) is 26.4. The molecule has 0 bridgehead atoms. The van der Waals surface area contributed by atoms with Crippen LogP contribution in [-0.2, 0) is 4.79 Å². The highest BCUT2D eigenvalue weighted by Crippen LogP contribution is 2.14. The molecule has 3 saturated heterocycles.